The number of rotatable bonds is 7. The van der Waals surface area contributed by atoms with E-state index in [0.29, 0.717) is 12.1 Å². The van der Waals surface area contributed by atoms with Crippen LogP contribution in [0.3, 0.4) is 0 Å². The number of carboxylic acids is 1. The van der Waals surface area contributed by atoms with Crippen LogP contribution in [-0.2, 0) is 9.59 Å². The first-order chi connectivity index (χ1) is 9.52. The fraction of sp³-hybridized carbons (Fsp3) is 0.333. The number of carbonyl (C=O) groups excluding carboxylic acids is 1. The summed E-state index contributed by atoms with van der Waals surface area (Å²) in [6.45, 7) is 2.05. The van der Waals surface area contributed by atoms with Gasteiger partial charge in [-0.15, -0.1) is 0 Å². The Kier molecular flexibility index (Phi) is 6.46. The molecule has 1 amide bonds. The van der Waals surface area contributed by atoms with Gasteiger partial charge in [-0.1, -0.05) is 31.9 Å². The van der Waals surface area contributed by atoms with Crippen LogP contribution in [-0.4, -0.2) is 23.0 Å². The van der Waals surface area contributed by atoms with Gasteiger partial charge in [-0.3, -0.25) is 4.79 Å². The molecule has 0 fully saturated rings. The van der Waals surface area contributed by atoms with E-state index < -0.39 is 12.0 Å². The number of benzene rings is 1. The van der Waals surface area contributed by atoms with Gasteiger partial charge in [0.1, 0.15) is 0 Å². The first-order valence-corrected chi connectivity index (χ1v) is 6.60. The summed E-state index contributed by atoms with van der Waals surface area (Å²) in [6, 6.07) is 6.39. The second-order valence-electron chi connectivity index (χ2n) is 4.53. The molecule has 0 aliphatic carbocycles. The van der Waals surface area contributed by atoms with E-state index in [2.05, 4.69) is 5.32 Å². The highest BCUT2D eigenvalue weighted by Crippen LogP contribution is 2.11. The van der Waals surface area contributed by atoms with Crippen molar-refractivity contribution in [3.63, 3.8) is 0 Å². The van der Waals surface area contributed by atoms with Crippen LogP contribution in [0.2, 0.25) is 0 Å². The molecular formula is C15H20N2O3. The Bertz CT molecular complexity index is 480. The number of carboxylic acid groups (broad SMARTS) is 1. The van der Waals surface area contributed by atoms with Crippen molar-refractivity contribution in [3.05, 3.63) is 35.9 Å². The van der Waals surface area contributed by atoms with E-state index in [9.17, 15) is 9.59 Å². The fourth-order valence-electron chi connectivity index (χ4n) is 1.64. The normalized spacial score (nSPS) is 12.3. The maximum atomic E-state index is 11.8. The summed E-state index contributed by atoms with van der Waals surface area (Å²) in [5.74, 6) is -1.20. The summed E-state index contributed by atoms with van der Waals surface area (Å²) < 4.78 is 0. The summed E-state index contributed by atoms with van der Waals surface area (Å²) in [5.41, 5.74) is 7.17. The summed E-state index contributed by atoms with van der Waals surface area (Å²) in [7, 11) is 0. The Morgan fingerprint density at radius 1 is 1.35 bits per heavy atom. The van der Waals surface area contributed by atoms with Gasteiger partial charge in [0.25, 0.3) is 0 Å². The largest absolute Gasteiger partial charge is 0.478 e. The molecule has 0 bridgehead atoms. The van der Waals surface area contributed by atoms with E-state index in [1.165, 1.54) is 6.08 Å². The minimum absolute atomic E-state index is 0.202. The molecule has 5 nitrogen and oxygen atoms in total. The van der Waals surface area contributed by atoms with Gasteiger partial charge in [0.2, 0.25) is 5.91 Å². The molecule has 0 aliphatic rings. The van der Waals surface area contributed by atoms with Crippen molar-refractivity contribution in [1.29, 1.82) is 0 Å². The SMILES string of the molecule is CCCCC(N)C(=O)Nc1ccc(/C=C/C(=O)O)cc1. The Morgan fingerprint density at radius 2 is 2.00 bits per heavy atom. The molecule has 0 saturated heterocycles. The standard InChI is InChI=1S/C15H20N2O3/c1-2-3-4-13(16)15(20)17-12-8-5-11(6-9-12)7-10-14(18)19/h5-10,13H,2-4,16H2,1H3,(H,17,20)(H,18,19)/b10-7+. The lowest BCUT2D eigenvalue weighted by Crippen LogP contribution is -2.35. The van der Waals surface area contributed by atoms with E-state index in [0.717, 1.165) is 24.5 Å². The smallest absolute Gasteiger partial charge is 0.328 e. The van der Waals surface area contributed by atoms with Crippen LogP contribution in [0.4, 0.5) is 5.69 Å². The lowest BCUT2D eigenvalue weighted by molar-refractivity contribution is -0.131. The predicted molar refractivity (Wildman–Crippen MR) is 79.2 cm³/mol. The molecule has 1 rings (SSSR count). The van der Waals surface area contributed by atoms with Gasteiger partial charge in [-0.05, 0) is 30.2 Å². The lowest BCUT2D eigenvalue weighted by Gasteiger charge is -2.11. The molecule has 0 saturated carbocycles. The quantitative estimate of drug-likeness (QED) is 0.666. The minimum Gasteiger partial charge on any atom is -0.478 e. The number of amides is 1. The maximum Gasteiger partial charge on any atom is 0.328 e. The molecule has 1 aromatic carbocycles. The molecule has 0 aromatic heterocycles. The van der Waals surface area contributed by atoms with Crippen molar-refractivity contribution >= 4 is 23.6 Å². The van der Waals surface area contributed by atoms with Crippen molar-refractivity contribution in [2.45, 2.75) is 32.2 Å². The maximum absolute atomic E-state index is 11.8. The van der Waals surface area contributed by atoms with Gasteiger partial charge in [-0.25, -0.2) is 4.79 Å². The predicted octanol–water partition coefficient (Wildman–Crippen LogP) is 2.24. The topological polar surface area (TPSA) is 92.4 Å². The first kappa shape index (κ1) is 15.9. The van der Waals surface area contributed by atoms with Gasteiger partial charge < -0.3 is 16.2 Å². The zero-order valence-electron chi connectivity index (χ0n) is 11.5. The molecule has 1 aromatic rings. The fourth-order valence-corrected chi connectivity index (χ4v) is 1.64. The van der Waals surface area contributed by atoms with Crippen LogP contribution in [0.1, 0.15) is 31.7 Å². The van der Waals surface area contributed by atoms with Crippen LogP contribution < -0.4 is 11.1 Å². The highest BCUT2D eigenvalue weighted by atomic mass is 16.4. The van der Waals surface area contributed by atoms with E-state index in [1.54, 1.807) is 24.3 Å². The molecule has 1 unspecified atom stereocenters. The summed E-state index contributed by atoms with van der Waals surface area (Å²) in [6.07, 6.45) is 5.15. The van der Waals surface area contributed by atoms with E-state index in [-0.39, 0.29) is 5.91 Å². The molecule has 0 radical (unpaired) electrons. The number of hydrogen-bond donors (Lipinski definition) is 3. The number of nitrogens with two attached hydrogens (primary N) is 1. The average Bonchev–Trinajstić information content (AvgIpc) is 2.43. The second-order valence-corrected chi connectivity index (χ2v) is 4.53. The first-order valence-electron chi connectivity index (χ1n) is 6.60. The minimum atomic E-state index is -0.996. The van der Waals surface area contributed by atoms with Crippen LogP contribution >= 0.6 is 0 Å². The van der Waals surface area contributed by atoms with Gasteiger partial charge in [0.15, 0.2) is 0 Å². The number of hydrogen-bond acceptors (Lipinski definition) is 3. The molecular weight excluding hydrogens is 256 g/mol. The van der Waals surface area contributed by atoms with E-state index >= 15 is 0 Å². The van der Waals surface area contributed by atoms with Gasteiger partial charge in [-0.2, -0.15) is 0 Å². The zero-order chi connectivity index (χ0) is 15.0. The molecule has 4 N–H and O–H groups in total. The van der Waals surface area contributed by atoms with Crippen molar-refractivity contribution in [3.8, 4) is 0 Å². The van der Waals surface area contributed by atoms with Crippen LogP contribution in [0.5, 0.6) is 0 Å². The Balaban J connectivity index is 2.56. The average molecular weight is 276 g/mol. The van der Waals surface area contributed by atoms with Gasteiger partial charge >= 0.3 is 5.97 Å². The summed E-state index contributed by atoms with van der Waals surface area (Å²) >= 11 is 0. The summed E-state index contributed by atoms with van der Waals surface area (Å²) in [5, 5.41) is 11.3. The molecule has 1 atom stereocenters. The molecule has 0 aliphatic heterocycles. The lowest BCUT2D eigenvalue weighted by atomic mass is 10.1. The molecule has 5 heteroatoms. The summed E-state index contributed by atoms with van der Waals surface area (Å²) in [4.78, 5) is 22.2. The Labute approximate surface area is 118 Å². The highest BCUT2D eigenvalue weighted by Gasteiger charge is 2.12. The van der Waals surface area contributed by atoms with Crippen molar-refractivity contribution in [2.24, 2.45) is 5.73 Å². The van der Waals surface area contributed by atoms with Crippen molar-refractivity contribution in [1.82, 2.24) is 0 Å². The Morgan fingerprint density at radius 3 is 2.55 bits per heavy atom. The third-order valence-electron chi connectivity index (χ3n) is 2.80. The van der Waals surface area contributed by atoms with Gasteiger partial charge in [0.05, 0.1) is 6.04 Å². The van der Waals surface area contributed by atoms with Crippen LogP contribution in [0.25, 0.3) is 6.08 Å². The number of unbranched alkanes of at least 4 members (excludes halogenated alkanes) is 1. The van der Waals surface area contributed by atoms with Crippen LogP contribution in [0.15, 0.2) is 30.3 Å². The van der Waals surface area contributed by atoms with Crippen molar-refractivity contribution in [2.75, 3.05) is 5.32 Å². The number of anilines is 1. The molecule has 0 spiro atoms. The highest BCUT2D eigenvalue weighted by molar-refractivity contribution is 5.94. The van der Waals surface area contributed by atoms with Crippen LogP contribution in [0, 0.1) is 0 Å². The van der Waals surface area contributed by atoms with Crippen molar-refractivity contribution < 1.29 is 14.7 Å². The molecule has 20 heavy (non-hydrogen) atoms. The number of nitrogens with one attached hydrogen (secondary N) is 1. The van der Waals surface area contributed by atoms with E-state index in [4.69, 9.17) is 10.8 Å². The zero-order valence-corrected chi connectivity index (χ0v) is 11.5. The third kappa shape index (κ3) is 5.67. The third-order valence-corrected chi connectivity index (χ3v) is 2.80. The second kappa shape index (κ2) is 8.12. The molecule has 108 valence electrons. The van der Waals surface area contributed by atoms with E-state index in [1.807, 2.05) is 6.92 Å². The molecule has 0 heterocycles. The van der Waals surface area contributed by atoms with Gasteiger partial charge in [0, 0.05) is 11.8 Å². The number of aliphatic carboxylic acids is 1. The Hall–Kier alpha value is -2.14. The monoisotopic (exact) mass is 276 g/mol. The number of carbonyl (C=O) groups is 2.